The molecule has 0 radical (unpaired) electrons. The molecule has 0 aliphatic carbocycles. The number of halogens is 1. The molecule has 7 heteroatoms. The van der Waals surface area contributed by atoms with Gasteiger partial charge < -0.3 is 9.47 Å². The molecule has 2 aromatic carbocycles. The molecule has 0 saturated heterocycles. The van der Waals surface area contributed by atoms with Crippen LogP contribution in [0.2, 0.25) is 0 Å². The fourth-order valence-electron chi connectivity index (χ4n) is 2.46. The second kappa shape index (κ2) is 8.64. The van der Waals surface area contributed by atoms with E-state index in [9.17, 15) is 0 Å². The normalized spacial score (nSPS) is 10.8. The summed E-state index contributed by atoms with van der Waals surface area (Å²) in [6.07, 6.45) is 1.69. The van der Waals surface area contributed by atoms with Gasteiger partial charge in [-0.15, -0.1) is 0 Å². The van der Waals surface area contributed by atoms with Crippen molar-refractivity contribution in [1.82, 2.24) is 9.97 Å². The van der Waals surface area contributed by atoms with Gasteiger partial charge in [-0.1, -0.05) is 28.1 Å². The Morgan fingerprint density at radius 3 is 2.41 bits per heavy atom. The van der Waals surface area contributed by atoms with Crippen molar-refractivity contribution >= 4 is 28.0 Å². The van der Waals surface area contributed by atoms with Gasteiger partial charge in [0, 0.05) is 21.8 Å². The van der Waals surface area contributed by atoms with E-state index in [1.165, 1.54) is 0 Å². The minimum absolute atomic E-state index is 0.622. The Hall–Kier alpha value is -2.93. The zero-order valence-corrected chi connectivity index (χ0v) is 16.8. The average molecular weight is 427 g/mol. The molecule has 1 aromatic heterocycles. The Balaban J connectivity index is 1.78. The molecule has 0 spiro atoms. The fraction of sp³-hybridized carbons (Fsp3) is 0.150. The molecule has 0 saturated carbocycles. The fourth-order valence-corrected chi connectivity index (χ4v) is 2.72. The predicted molar refractivity (Wildman–Crippen MR) is 111 cm³/mol. The SMILES string of the molecule is COc1ccc(/C=N/Nc2cc(C)nc(-c3ccc(Br)cc3)n2)cc1OC. The summed E-state index contributed by atoms with van der Waals surface area (Å²) in [7, 11) is 3.21. The number of aryl methyl sites for hydroxylation is 1. The van der Waals surface area contributed by atoms with Crippen LogP contribution in [0.4, 0.5) is 5.82 Å². The number of hydrogen-bond acceptors (Lipinski definition) is 6. The second-order valence-corrected chi connectivity index (χ2v) is 6.63. The van der Waals surface area contributed by atoms with Crippen LogP contribution in [0.25, 0.3) is 11.4 Å². The van der Waals surface area contributed by atoms with Crippen LogP contribution in [0.3, 0.4) is 0 Å². The minimum atomic E-state index is 0.622. The van der Waals surface area contributed by atoms with Gasteiger partial charge in [0.05, 0.1) is 20.4 Å². The van der Waals surface area contributed by atoms with Crippen molar-refractivity contribution < 1.29 is 9.47 Å². The Kier molecular flexibility index (Phi) is 6.03. The van der Waals surface area contributed by atoms with Crippen molar-refractivity contribution in [2.75, 3.05) is 19.6 Å². The minimum Gasteiger partial charge on any atom is -0.493 e. The van der Waals surface area contributed by atoms with Gasteiger partial charge in [-0.25, -0.2) is 9.97 Å². The summed E-state index contributed by atoms with van der Waals surface area (Å²) in [6, 6.07) is 15.3. The van der Waals surface area contributed by atoms with Crippen LogP contribution in [0.5, 0.6) is 11.5 Å². The summed E-state index contributed by atoms with van der Waals surface area (Å²) in [4.78, 5) is 9.02. The quantitative estimate of drug-likeness (QED) is 0.457. The zero-order valence-electron chi connectivity index (χ0n) is 15.2. The van der Waals surface area contributed by atoms with Crippen LogP contribution in [0, 0.1) is 6.92 Å². The highest BCUT2D eigenvalue weighted by Gasteiger charge is 2.05. The molecular formula is C20H19BrN4O2. The molecule has 0 bridgehead atoms. The summed E-state index contributed by atoms with van der Waals surface area (Å²) in [5.41, 5.74) is 5.62. The number of nitrogens with one attached hydrogen (secondary N) is 1. The smallest absolute Gasteiger partial charge is 0.161 e. The largest absolute Gasteiger partial charge is 0.493 e. The molecule has 0 fully saturated rings. The Morgan fingerprint density at radius 2 is 1.70 bits per heavy atom. The number of hydrazone groups is 1. The molecule has 0 aliphatic rings. The second-order valence-electron chi connectivity index (χ2n) is 5.71. The van der Waals surface area contributed by atoms with Gasteiger partial charge >= 0.3 is 0 Å². The van der Waals surface area contributed by atoms with E-state index in [4.69, 9.17) is 9.47 Å². The molecule has 0 amide bonds. The first-order valence-corrected chi connectivity index (χ1v) is 9.01. The first kappa shape index (κ1) is 18.8. The molecule has 3 aromatic rings. The molecule has 6 nitrogen and oxygen atoms in total. The third kappa shape index (κ3) is 4.83. The van der Waals surface area contributed by atoms with Crippen molar-refractivity contribution in [2.45, 2.75) is 6.92 Å². The van der Waals surface area contributed by atoms with Crippen LogP contribution >= 0.6 is 15.9 Å². The number of benzene rings is 2. The third-order valence-corrected chi connectivity index (χ3v) is 4.29. The van der Waals surface area contributed by atoms with Gasteiger partial charge in [-0.05, 0) is 42.8 Å². The lowest BCUT2D eigenvalue weighted by Gasteiger charge is -2.08. The Bertz CT molecular complexity index is 959. The molecular weight excluding hydrogens is 408 g/mol. The average Bonchev–Trinajstić information content (AvgIpc) is 2.68. The maximum atomic E-state index is 5.30. The van der Waals surface area contributed by atoms with Crippen molar-refractivity contribution in [3.8, 4) is 22.9 Å². The first-order valence-electron chi connectivity index (χ1n) is 8.22. The predicted octanol–water partition coefficient (Wildman–Crippen LogP) is 4.68. The highest BCUT2D eigenvalue weighted by atomic mass is 79.9. The number of ether oxygens (including phenoxy) is 2. The third-order valence-electron chi connectivity index (χ3n) is 3.76. The van der Waals surface area contributed by atoms with Crippen LogP contribution < -0.4 is 14.9 Å². The van der Waals surface area contributed by atoms with Gasteiger partial charge in [-0.3, -0.25) is 5.43 Å². The number of aromatic nitrogens is 2. The van der Waals surface area contributed by atoms with Gasteiger partial charge in [0.15, 0.2) is 23.1 Å². The van der Waals surface area contributed by atoms with Crippen molar-refractivity contribution in [2.24, 2.45) is 5.10 Å². The van der Waals surface area contributed by atoms with Crippen LogP contribution in [-0.4, -0.2) is 30.4 Å². The van der Waals surface area contributed by atoms with Crippen molar-refractivity contribution in [3.05, 3.63) is 64.3 Å². The van der Waals surface area contributed by atoms with Gasteiger partial charge in [0.25, 0.3) is 0 Å². The molecule has 0 atom stereocenters. The van der Waals surface area contributed by atoms with E-state index in [1.807, 2.05) is 55.5 Å². The molecule has 138 valence electrons. The van der Waals surface area contributed by atoms with E-state index in [-0.39, 0.29) is 0 Å². The number of methoxy groups -OCH3 is 2. The summed E-state index contributed by atoms with van der Waals surface area (Å²) < 4.78 is 11.5. The summed E-state index contributed by atoms with van der Waals surface area (Å²) in [6.45, 7) is 1.92. The summed E-state index contributed by atoms with van der Waals surface area (Å²) >= 11 is 3.43. The van der Waals surface area contributed by atoms with Gasteiger partial charge in [0.1, 0.15) is 0 Å². The Morgan fingerprint density at radius 1 is 0.963 bits per heavy atom. The van der Waals surface area contributed by atoms with Gasteiger partial charge in [-0.2, -0.15) is 5.10 Å². The lowest BCUT2D eigenvalue weighted by molar-refractivity contribution is 0.355. The molecule has 0 unspecified atom stereocenters. The lowest BCUT2D eigenvalue weighted by Crippen LogP contribution is -1.99. The van der Waals surface area contributed by atoms with E-state index >= 15 is 0 Å². The summed E-state index contributed by atoms with van der Waals surface area (Å²) in [5.74, 6) is 2.59. The topological polar surface area (TPSA) is 68.6 Å². The highest BCUT2D eigenvalue weighted by Crippen LogP contribution is 2.27. The molecule has 27 heavy (non-hydrogen) atoms. The zero-order chi connectivity index (χ0) is 19.2. The Labute approximate surface area is 166 Å². The van der Waals surface area contributed by atoms with E-state index in [2.05, 4.69) is 36.4 Å². The maximum absolute atomic E-state index is 5.30. The van der Waals surface area contributed by atoms with Crippen molar-refractivity contribution in [3.63, 3.8) is 0 Å². The molecule has 1 N–H and O–H groups in total. The standard InChI is InChI=1S/C20H19BrN4O2/c1-13-10-19(24-20(23-13)15-5-7-16(21)8-6-15)25-22-12-14-4-9-17(26-2)18(11-14)27-3/h4-12H,1-3H3,(H,23,24,25)/b22-12+. The summed E-state index contributed by atoms with van der Waals surface area (Å²) in [5, 5.41) is 4.26. The first-order chi connectivity index (χ1) is 13.1. The van der Waals surface area contributed by atoms with Crippen LogP contribution in [0.15, 0.2) is 58.1 Å². The number of hydrogen-bond donors (Lipinski definition) is 1. The van der Waals surface area contributed by atoms with E-state index in [0.717, 1.165) is 21.3 Å². The number of nitrogens with zero attached hydrogens (tertiary/aromatic N) is 3. The van der Waals surface area contributed by atoms with E-state index in [0.29, 0.717) is 23.1 Å². The monoisotopic (exact) mass is 426 g/mol. The molecule has 1 heterocycles. The molecule has 0 aliphatic heterocycles. The lowest BCUT2D eigenvalue weighted by atomic mass is 10.2. The van der Waals surface area contributed by atoms with Crippen LogP contribution in [-0.2, 0) is 0 Å². The van der Waals surface area contributed by atoms with Crippen molar-refractivity contribution in [1.29, 1.82) is 0 Å². The number of rotatable bonds is 6. The maximum Gasteiger partial charge on any atom is 0.161 e. The van der Waals surface area contributed by atoms with E-state index in [1.54, 1.807) is 20.4 Å². The number of anilines is 1. The van der Waals surface area contributed by atoms with Crippen LogP contribution in [0.1, 0.15) is 11.3 Å². The van der Waals surface area contributed by atoms with Gasteiger partial charge in [0.2, 0.25) is 0 Å². The molecule has 3 rings (SSSR count). The highest BCUT2D eigenvalue weighted by molar-refractivity contribution is 9.10. The van der Waals surface area contributed by atoms with E-state index < -0.39 is 0 Å².